The number of fused-ring (bicyclic) bond motifs is 1. The highest BCUT2D eigenvalue weighted by atomic mass is 35.5. The monoisotopic (exact) mass is 444 g/mol. The Morgan fingerprint density at radius 3 is 2.53 bits per heavy atom. The van der Waals surface area contributed by atoms with Crippen molar-refractivity contribution in [3.8, 4) is 0 Å². The molecule has 0 fully saturated rings. The van der Waals surface area contributed by atoms with Gasteiger partial charge in [0.05, 0.1) is 10.9 Å². The minimum absolute atomic E-state index is 0.0466. The van der Waals surface area contributed by atoms with Crippen LogP contribution < -0.4 is 10.0 Å². The molecule has 0 bridgehead atoms. The van der Waals surface area contributed by atoms with Gasteiger partial charge in [0.15, 0.2) is 0 Å². The van der Waals surface area contributed by atoms with Gasteiger partial charge in [-0.2, -0.15) is 0 Å². The van der Waals surface area contributed by atoms with Crippen molar-refractivity contribution < 1.29 is 12.8 Å². The van der Waals surface area contributed by atoms with E-state index in [0.717, 1.165) is 23.2 Å². The first-order valence-electron chi connectivity index (χ1n) is 9.59. The fraction of sp³-hybridized carbons (Fsp3) is 0.217. The molecule has 1 unspecified atom stereocenters. The fourth-order valence-electron chi connectivity index (χ4n) is 3.89. The van der Waals surface area contributed by atoms with Gasteiger partial charge in [-0.15, -0.1) is 0 Å². The van der Waals surface area contributed by atoms with E-state index in [2.05, 4.69) is 23.9 Å². The number of benzene rings is 3. The second kappa shape index (κ2) is 7.60. The van der Waals surface area contributed by atoms with Crippen molar-refractivity contribution in [2.45, 2.75) is 36.6 Å². The molecule has 0 spiro atoms. The summed E-state index contributed by atoms with van der Waals surface area (Å²) in [5.74, 6) is -0.424. The Bertz CT molecular complexity index is 1190. The van der Waals surface area contributed by atoms with Crippen LogP contribution in [0.4, 0.5) is 15.8 Å². The molecule has 156 valence electrons. The highest BCUT2D eigenvalue weighted by molar-refractivity contribution is 7.92. The van der Waals surface area contributed by atoms with Gasteiger partial charge in [0.2, 0.25) is 0 Å². The maximum Gasteiger partial charge on any atom is 0.261 e. The molecular weight excluding hydrogens is 423 g/mol. The van der Waals surface area contributed by atoms with Crippen LogP contribution in [0.25, 0.3) is 0 Å². The third-order valence-electron chi connectivity index (χ3n) is 5.42. The Balaban J connectivity index is 1.63. The highest BCUT2D eigenvalue weighted by Crippen LogP contribution is 2.45. The molecule has 2 N–H and O–H groups in total. The van der Waals surface area contributed by atoms with Crippen molar-refractivity contribution in [1.82, 2.24) is 0 Å². The van der Waals surface area contributed by atoms with Gasteiger partial charge in [0, 0.05) is 16.4 Å². The fourth-order valence-corrected chi connectivity index (χ4v) is 5.18. The van der Waals surface area contributed by atoms with Crippen molar-refractivity contribution in [2.24, 2.45) is 0 Å². The van der Waals surface area contributed by atoms with E-state index in [1.807, 2.05) is 24.3 Å². The maximum atomic E-state index is 13.1. The number of halogens is 2. The topological polar surface area (TPSA) is 58.2 Å². The zero-order valence-electron chi connectivity index (χ0n) is 16.6. The van der Waals surface area contributed by atoms with Gasteiger partial charge in [0.1, 0.15) is 5.82 Å². The van der Waals surface area contributed by atoms with Gasteiger partial charge in [-0.05, 0) is 77.6 Å². The normalized spacial score (nSPS) is 17.7. The number of rotatable bonds is 4. The minimum Gasteiger partial charge on any atom is -0.378 e. The first kappa shape index (κ1) is 20.7. The smallest absolute Gasteiger partial charge is 0.261 e. The van der Waals surface area contributed by atoms with Crippen LogP contribution in [0, 0.1) is 5.82 Å². The minimum atomic E-state index is -3.80. The molecule has 0 saturated carbocycles. The number of anilines is 2. The highest BCUT2D eigenvalue weighted by Gasteiger charge is 2.34. The molecular formula is C23H22ClFN2O2S. The second-order valence-corrected chi connectivity index (χ2v) is 10.3. The SMILES string of the molecule is CC1(C)CC(c2cccc(S(=O)(=O)Nc3ccc(F)cc3)c2)Nc2ccc(Cl)cc21. The van der Waals surface area contributed by atoms with E-state index < -0.39 is 15.8 Å². The summed E-state index contributed by atoms with van der Waals surface area (Å²) >= 11 is 6.18. The molecule has 1 aliphatic heterocycles. The largest absolute Gasteiger partial charge is 0.378 e. The Morgan fingerprint density at radius 1 is 1.07 bits per heavy atom. The van der Waals surface area contributed by atoms with Crippen LogP contribution in [-0.4, -0.2) is 8.42 Å². The van der Waals surface area contributed by atoms with Gasteiger partial charge in [-0.1, -0.05) is 37.6 Å². The van der Waals surface area contributed by atoms with Gasteiger partial charge < -0.3 is 5.32 Å². The number of hydrogen-bond acceptors (Lipinski definition) is 3. The molecule has 1 heterocycles. The zero-order valence-corrected chi connectivity index (χ0v) is 18.2. The summed E-state index contributed by atoms with van der Waals surface area (Å²) in [5, 5.41) is 4.21. The van der Waals surface area contributed by atoms with Gasteiger partial charge in [-0.3, -0.25) is 4.72 Å². The summed E-state index contributed by atoms with van der Waals surface area (Å²) in [4.78, 5) is 0.158. The molecule has 30 heavy (non-hydrogen) atoms. The average molecular weight is 445 g/mol. The lowest BCUT2D eigenvalue weighted by molar-refractivity contribution is 0.427. The molecule has 7 heteroatoms. The van der Waals surface area contributed by atoms with Crippen LogP contribution in [0.15, 0.2) is 71.6 Å². The number of sulfonamides is 1. The third kappa shape index (κ3) is 4.16. The van der Waals surface area contributed by atoms with E-state index in [9.17, 15) is 12.8 Å². The lowest BCUT2D eigenvalue weighted by Gasteiger charge is -2.39. The van der Waals surface area contributed by atoms with Crippen molar-refractivity contribution >= 4 is 33.0 Å². The summed E-state index contributed by atoms with van der Waals surface area (Å²) in [5.41, 5.74) is 3.21. The van der Waals surface area contributed by atoms with Crippen molar-refractivity contribution in [1.29, 1.82) is 0 Å². The van der Waals surface area contributed by atoms with Gasteiger partial charge in [0.25, 0.3) is 10.0 Å². The Kier molecular flexibility index (Phi) is 5.24. The van der Waals surface area contributed by atoms with Crippen LogP contribution in [0.5, 0.6) is 0 Å². The lowest BCUT2D eigenvalue weighted by Crippen LogP contribution is -2.31. The molecule has 0 radical (unpaired) electrons. The van der Waals surface area contributed by atoms with Crippen LogP contribution in [0.3, 0.4) is 0 Å². The van der Waals surface area contributed by atoms with Crippen molar-refractivity contribution in [2.75, 3.05) is 10.0 Å². The Labute approximate surface area is 181 Å². The van der Waals surface area contributed by atoms with Gasteiger partial charge in [-0.25, -0.2) is 12.8 Å². The first-order valence-corrected chi connectivity index (χ1v) is 11.5. The number of hydrogen-bond donors (Lipinski definition) is 2. The molecule has 1 atom stereocenters. The molecule has 0 aliphatic carbocycles. The third-order valence-corrected chi connectivity index (χ3v) is 7.04. The van der Waals surface area contributed by atoms with E-state index in [4.69, 9.17) is 11.6 Å². The Morgan fingerprint density at radius 2 is 1.80 bits per heavy atom. The summed E-state index contributed by atoms with van der Waals surface area (Å²) < 4.78 is 41.3. The van der Waals surface area contributed by atoms with E-state index in [-0.39, 0.29) is 16.4 Å². The standard InChI is InChI=1S/C23H22ClFN2O2S/c1-23(2)14-22(26-21-11-6-16(24)13-20(21)23)15-4-3-5-19(12-15)30(28,29)27-18-9-7-17(25)8-10-18/h3-13,22,26-27H,14H2,1-2H3. The van der Waals surface area contributed by atoms with Gasteiger partial charge >= 0.3 is 0 Å². The quantitative estimate of drug-likeness (QED) is 0.510. The van der Waals surface area contributed by atoms with Crippen LogP contribution >= 0.6 is 11.6 Å². The molecule has 3 aromatic carbocycles. The van der Waals surface area contributed by atoms with Crippen LogP contribution in [-0.2, 0) is 15.4 Å². The van der Waals surface area contributed by atoms with Crippen molar-refractivity contribution in [3.63, 3.8) is 0 Å². The van der Waals surface area contributed by atoms with Crippen LogP contribution in [0.1, 0.15) is 37.4 Å². The van der Waals surface area contributed by atoms with E-state index in [0.29, 0.717) is 10.7 Å². The van der Waals surface area contributed by atoms with E-state index in [1.165, 1.54) is 24.3 Å². The molecule has 0 saturated heterocycles. The molecule has 3 aromatic rings. The lowest BCUT2D eigenvalue weighted by atomic mass is 9.74. The molecule has 4 rings (SSSR count). The van der Waals surface area contributed by atoms with Crippen molar-refractivity contribution in [3.05, 3.63) is 88.7 Å². The molecule has 0 aromatic heterocycles. The molecule has 0 amide bonds. The van der Waals surface area contributed by atoms with E-state index in [1.54, 1.807) is 18.2 Å². The summed E-state index contributed by atoms with van der Waals surface area (Å²) in [6, 6.07) is 17.8. The Hall–Kier alpha value is -2.57. The average Bonchev–Trinajstić information content (AvgIpc) is 2.70. The maximum absolute atomic E-state index is 13.1. The molecule has 4 nitrogen and oxygen atoms in total. The summed E-state index contributed by atoms with van der Waals surface area (Å²) in [6.07, 6.45) is 0.787. The summed E-state index contributed by atoms with van der Waals surface area (Å²) in [6.45, 7) is 4.32. The molecule has 1 aliphatic rings. The second-order valence-electron chi connectivity index (χ2n) is 8.16. The van der Waals surface area contributed by atoms with Crippen LogP contribution in [0.2, 0.25) is 5.02 Å². The number of nitrogens with one attached hydrogen (secondary N) is 2. The zero-order chi connectivity index (χ0) is 21.5. The summed E-state index contributed by atoms with van der Waals surface area (Å²) in [7, 11) is -3.80. The van der Waals surface area contributed by atoms with E-state index >= 15 is 0 Å². The first-order chi connectivity index (χ1) is 14.1. The predicted molar refractivity (Wildman–Crippen MR) is 119 cm³/mol. The predicted octanol–water partition coefficient (Wildman–Crippen LogP) is 6.11.